The average Bonchev–Trinajstić information content (AvgIpc) is 3.22. The monoisotopic (exact) mass is 574 g/mol. The van der Waals surface area contributed by atoms with E-state index in [-0.39, 0.29) is 17.9 Å². The topological polar surface area (TPSA) is 146 Å². The van der Waals surface area contributed by atoms with Gasteiger partial charge in [0.2, 0.25) is 11.3 Å². The third-order valence-corrected chi connectivity index (χ3v) is 7.96. The van der Waals surface area contributed by atoms with Gasteiger partial charge in [0.05, 0.1) is 6.42 Å². The number of rotatable bonds is 10. The van der Waals surface area contributed by atoms with E-state index in [1.807, 2.05) is 36.4 Å². The first-order chi connectivity index (χ1) is 19.5. The molecule has 2 amide bonds. The fraction of sp³-hybridized carbons (Fsp3) is 0.129. The summed E-state index contributed by atoms with van der Waals surface area (Å²) in [5, 5.41) is 18.0. The molecule has 4 rings (SSSR count). The summed E-state index contributed by atoms with van der Waals surface area (Å²) in [6.07, 6.45) is 6.88. The number of benzene rings is 3. The molecule has 10 heteroatoms. The van der Waals surface area contributed by atoms with Crippen molar-refractivity contribution in [3.05, 3.63) is 126 Å². The van der Waals surface area contributed by atoms with Gasteiger partial charge in [0, 0.05) is 18.1 Å². The second-order valence-electron chi connectivity index (χ2n) is 9.46. The minimum Gasteiger partial charge on any atom is -0.508 e. The maximum atomic E-state index is 14.0. The number of carboxylic acids is 1. The Kier molecular flexibility index (Phi) is 8.77. The quantitative estimate of drug-likeness (QED) is 0.141. The number of phenolic OH excluding ortho intramolecular Hbond substituents is 1. The van der Waals surface area contributed by atoms with E-state index in [0.717, 1.165) is 5.56 Å². The van der Waals surface area contributed by atoms with E-state index < -0.39 is 50.1 Å². The van der Waals surface area contributed by atoms with Crippen LogP contribution < -0.4 is 0 Å². The van der Waals surface area contributed by atoms with Gasteiger partial charge in [-0.15, -0.1) is 0 Å². The van der Waals surface area contributed by atoms with Gasteiger partial charge in [-0.25, -0.2) is 14.4 Å². The van der Waals surface area contributed by atoms with E-state index in [1.54, 1.807) is 42.5 Å². The molecule has 1 aliphatic rings. The third-order valence-electron chi connectivity index (χ3n) is 6.87. The first-order valence-corrected chi connectivity index (χ1v) is 14.1. The normalized spacial score (nSPS) is 20.6. The number of phenols is 1. The minimum atomic E-state index is -5.04. The Morgan fingerprint density at radius 3 is 2.07 bits per heavy atom. The van der Waals surface area contributed by atoms with E-state index >= 15 is 0 Å². The van der Waals surface area contributed by atoms with Crippen molar-refractivity contribution in [2.45, 2.75) is 24.1 Å². The van der Waals surface area contributed by atoms with E-state index in [9.17, 15) is 37.6 Å². The van der Waals surface area contributed by atoms with E-state index in [4.69, 9.17) is 0 Å². The van der Waals surface area contributed by atoms with Crippen LogP contribution in [0.15, 0.2) is 109 Å². The molecule has 9 nitrogen and oxygen atoms in total. The van der Waals surface area contributed by atoms with E-state index in [0.29, 0.717) is 11.1 Å². The van der Waals surface area contributed by atoms with E-state index in [2.05, 4.69) is 0 Å². The molecule has 1 fully saturated rings. The Labute approximate surface area is 237 Å². The molecule has 1 heterocycles. The molecule has 3 unspecified atom stereocenters. The van der Waals surface area contributed by atoms with Crippen LogP contribution in [-0.2, 0) is 30.9 Å². The number of carbonyl (C=O) groups excluding carboxylic acids is 2. The molecule has 0 aliphatic carbocycles. The minimum absolute atomic E-state index is 0.0534. The first-order valence-electron chi connectivity index (χ1n) is 12.6. The second kappa shape index (κ2) is 12.3. The van der Waals surface area contributed by atoms with Crippen LogP contribution in [0.2, 0.25) is 0 Å². The Hall–Kier alpha value is -4.64. The van der Waals surface area contributed by atoms with Gasteiger partial charge in [-0.3, -0.25) is 4.55 Å². The highest BCUT2D eigenvalue weighted by molar-refractivity contribution is 7.87. The number of hydrogen-bond acceptors (Lipinski definition) is 6. The molecule has 0 aromatic heterocycles. The molecular weight excluding hydrogens is 546 g/mol. The summed E-state index contributed by atoms with van der Waals surface area (Å²) in [4.78, 5) is 40.7. The number of nitrogens with zero attached hydrogens (tertiary/aromatic N) is 1. The number of aliphatic carboxylic acids is 1. The largest absolute Gasteiger partial charge is 0.508 e. The molecule has 0 saturated carbocycles. The smallest absolute Gasteiger partial charge is 0.364 e. The summed E-state index contributed by atoms with van der Waals surface area (Å²) < 4.78 is 32.8. The van der Waals surface area contributed by atoms with Crippen LogP contribution in [0.25, 0.3) is 11.8 Å². The van der Waals surface area contributed by atoms with Gasteiger partial charge in [0.15, 0.2) is 5.70 Å². The summed E-state index contributed by atoms with van der Waals surface area (Å²) in [6, 6.07) is 21.4. The predicted molar refractivity (Wildman–Crippen MR) is 152 cm³/mol. The number of carboxylic acid groups (broad SMARTS) is 1. The van der Waals surface area contributed by atoms with Gasteiger partial charge in [0.1, 0.15) is 5.75 Å². The maximum absolute atomic E-state index is 14.0. The molecule has 3 aromatic rings. The summed E-state index contributed by atoms with van der Waals surface area (Å²) in [5.41, 5.74) is 1.58. The number of allylic oxidation sites excluding steroid dienone is 4. The van der Waals surface area contributed by atoms with Crippen LogP contribution in [0, 0.1) is 0 Å². The molecule has 210 valence electrons. The standard InChI is InChI=1S/C31H27NO8S/c33-25-18-16-23(17-19-25)20-27(31(36)37)32(29(34)21-28(30(32)35)41(38,39)40)26(24-13-7-3-8-14-24)15-9-2-6-12-22-10-4-1-5-11-22/h1-19,27-28H,20-21H2,(H2-,33,36,37,38,39,40)/p+1/b9-2?,12-6+,26-15?. The van der Waals surface area contributed by atoms with Crippen LogP contribution in [-0.4, -0.2) is 56.7 Å². The van der Waals surface area contributed by atoms with Crippen molar-refractivity contribution in [1.29, 1.82) is 0 Å². The molecule has 3 aromatic carbocycles. The SMILES string of the molecule is O=C(O)C(Cc1ccc(O)cc1)[N+]1(C(=CC=C/C=C/c2ccccc2)c2ccccc2)C(=O)CC(S(=O)(=O)O)C1=O. The van der Waals surface area contributed by atoms with Crippen LogP contribution in [0.5, 0.6) is 5.75 Å². The fourth-order valence-electron chi connectivity index (χ4n) is 4.93. The number of hydrogen-bond donors (Lipinski definition) is 3. The fourth-order valence-corrected chi connectivity index (χ4v) is 5.71. The van der Waals surface area contributed by atoms with Crippen LogP contribution >= 0.6 is 0 Å². The van der Waals surface area contributed by atoms with E-state index in [1.165, 1.54) is 36.4 Å². The van der Waals surface area contributed by atoms with Crippen LogP contribution in [0.3, 0.4) is 0 Å². The average molecular weight is 575 g/mol. The molecule has 1 saturated heterocycles. The maximum Gasteiger partial charge on any atom is 0.364 e. The Bertz CT molecular complexity index is 1630. The van der Waals surface area contributed by atoms with Crippen molar-refractivity contribution in [3.8, 4) is 5.75 Å². The zero-order chi connectivity index (χ0) is 29.6. The summed E-state index contributed by atoms with van der Waals surface area (Å²) in [7, 11) is -5.04. The number of carbonyl (C=O) groups is 3. The lowest BCUT2D eigenvalue weighted by molar-refractivity contribution is -0.718. The highest BCUT2D eigenvalue weighted by Gasteiger charge is 2.67. The lowest BCUT2D eigenvalue weighted by Gasteiger charge is -2.36. The molecule has 3 N–H and O–H groups in total. The van der Waals surface area contributed by atoms with Crippen molar-refractivity contribution in [3.63, 3.8) is 0 Å². The number of amides is 2. The first kappa shape index (κ1) is 29.3. The van der Waals surface area contributed by atoms with Crippen molar-refractivity contribution in [2.75, 3.05) is 0 Å². The highest BCUT2D eigenvalue weighted by atomic mass is 32.2. The van der Waals surface area contributed by atoms with Crippen LogP contribution in [0.4, 0.5) is 0 Å². The van der Waals surface area contributed by atoms with Gasteiger partial charge in [-0.1, -0.05) is 85.0 Å². The number of likely N-dealkylation sites (tertiary alicyclic amines) is 1. The van der Waals surface area contributed by atoms with Gasteiger partial charge >= 0.3 is 17.8 Å². The van der Waals surface area contributed by atoms with Gasteiger partial charge < -0.3 is 10.2 Å². The molecule has 3 atom stereocenters. The molecule has 1 aliphatic heterocycles. The Balaban J connectivity index is 1.92. The van der Waals surface area contributed by atoms with Crippen LogP contribution in [0.1, 0.15) is 23.1 Å². The Morgan fingerprint density at radius 1 is 0.902 bits per heavy atom. The zero-order valence-electron chi connectivity index (χ0n) is 21.8. The highest BCUT2D eigenvalue weighted by Crippen LogP contribution is 2.41. The lowest BCUT2D eigenvalue weighted by Crippen LogP contribution is -2.62. The summed E-state index contributed by atoms with van der Waals surface area (Å²) in [5.74, 6) is -3.83. The predicted octanol–water partition coefficient (Wildman–Crippen LogP) is 4.23. The molecule has 0 spiro atoms. The third kappa shape index (κ3) is 6.25. The zero-order valence-corrected chi connectivity index (χ0v) is 22.6. The number of aromatic hydroxyl groups is 1. The van der Waals surface area contributed by atoms with Gasteiger partial charge in [-0.2, -0.15) is 12.9 Å². The summed E-state index contributed by atoms with van der Waals surface area (Å²) in [6.45, 7) is 0. The van der Waals surface area contributed by atoms with Gasteiger partial charge in [0.25, 0.3) is 10.1 Å². The Morgan fingerprint density at radius 2 is 1.51 bits per heavy atom. The number of quaternary nitrogens is 1. The van der Waals surface area contributed by atoms with Gasteiger partial charge in [-0.05, 0) is 35.4 Å². The molecule has 0 bridgehead atoms. The number of imide groups is 1. The van der Waals surface area contributed by atoms with Crippen molar-refractivity contribution >= 4 is 39.7 Å². The second-order valence-corrected chi connectivity index (χ2v) is 11.1. The van der Waals surface area contributed by atoms with Crippen molar-refractivity contribution < 1.29 is 42.1 Å². The van der Waals surface area contributed by atoms with Crippen molar-refractivity contribution in [2.24, 2.45) is 0 Å². The molecule has 0 radical (unpaired) electrons. The summed E-state index contributed by atoms with van der Waals surface area (Å²) >= 11 is 0. The molecule has 41 heavy (non-hydrogen) atoms. The lowest BCUT2D eigenvalue weighted by atomic mass is 9.98. The van der Waals surface area contributed by atoms with Crippen molar-refractivity contribution in [1.82, 2.24) is 0 Å². The molecular formula is C31H28NO8S+.